The molecule has 4 aliphatic carbocycles. The van der Waals surface area contributed by atoms with Crippen molar-refractivity contribution in [2.45, 2.75) is 88.2 Å². The van der Waals surface area contributed by atoms with Crippen molar-refractivity contribution in [3.63, 3.8) is 0 Å². The van der Waals surface area contributed by atoms with Crippen LogP contribution in [0.15, 0.2) is 11.1 Å². The molecule has 2 heterocycles. The smallest absolute Gasteiger partial charge is 0.103 e. The minimum absolute atomic E-state index is 0.137. The second-order valence-electron chi connectivity index (χ2n) is 11.6. The molecule has 0 amide bonds. The third-order valence-corrected chi connectivity index (χ3v) is 12.5. The molecule has 2 aliphatic heterocycles. The van der Waals surface area contributed by atoms with Crippen LogP contribution in [-0.2, 0) is 10.8 Å². The zero-order chi connectivity index (χ0) is 17.9. The van der Waals surface area contributed by atoms with Crippen LogP contribution in [0.25, 0.3) is 0 Å². The highest BCUT2D eigenvalue weighted by atomic mass is 32.2. The monoisotopic (exact) mass is 378 g/mol. The fourth-order valence-electron chi connectivity index (χ4n) is 7.48. The summed E-state index contributed by atoms with van der Waals surface area (Å²) in [6, 6.07) is 0. The first kappa shape index (κ1) is 17.3. The molecule has 6 aliphatic rings. The topological polar surface area (TPSA) is 17.1 Å². The molecule has 3 heteroatoms. The zero-order valence-electron chi connectivity index (χ0n) is 16.7. The molecular weight excluding hydrogens is 344 g/mol. The van der Waals surface area contributed by atoms with Gasteiger partial charge in [-0.15, -0.1) is 11.8 Å². The van der Waals surface area contributed by atoms with Crippen LogP contribution in [-0.4, -0.2) is 18.8 Å². The van der Waals surface area contributed by atoms with E-state index in [4.69, 9.17) is 0 Å². The molecule has 1 unspecified atom stereocenters. The molecule has 25 heavy (non-hydrogen) atoms. The summed E-state index contributed by atoms with van der Waals surface area (Å²) in [5.41, 5.74) is 3.43. The Kier molecular flexibility index (Phi) is 3.46. The van der Waals surface area contributed by atoms with E-state index in [1.807, 2.05) is 0 Å². The van der Waals surface area contributed by atoms with Gasteiger partial charge in [-0.25, -0.2) is 0 Å². The van der Waals surface area contributed by atoms with E-state index in [0.717, 1.165) is 23.7 Å². The van der Waals surface area contributed by atoms with Gasteiger partial charge in [0.25, 0.3) is 0 Å². The van der Waals surface area contributed by atoms with Crippen molar-refractivity contribution in [1.29, 1.82) is 0 Å². The van der Waals surface area contributed by atoms with Crippen molar-refractivity contribution in [3.05, 3.63) is 11.1 Å². The molecule has 6 bridgehead atoms. The summed E-state index contributed by atoms with van der Waals surface area (Å²) in [6.45, 7) is 14.2. The summed E-state index contributed by atoms with van der Waals surface area (Å²) < 4.78 is 14.3. The van der Waals surface area contributed by atoms with Crippen LogP contribution >= 0.6 is 11.8 Å². The van der Waals surface area contributed by atoms with Crippen LogP contribution in [0.5, 0.6) is 0 Å². The number of rotatable bonds is 0. The van der Waals surface area contributed by atoms with Crippen molar-refractivity contribution in [2.75, 3.05) is 0 Å². The Morgan fingerprint density at radius 3 is 1.76 bits per heavy atom. The molecule has 1 nitrogen and oxygen atoms in total. The summed E-state index contributed by atoms with van der Waals surface area (Å²) in [5.74, 6) is 3.66. The molecule has 0 radical (unpaired) electrons. The summed E-state index contributed by atoms with van der Waals surface area (Å²) in [4.78, 5) is 0. The van der Waals surface area contributed by atoms with Crippen molar-refractivity contribution < 1.29 is 4.21 Å². The fourth-order valence-corrected chi connectivity index (χ4v) is 13.5. The van der Waals surface area contributed by atoms with Gasteiger partial charge in [0.05, 0.1) is 5.25 Å². The maximum atomic E-state index is 13.7. The van der Waals surface area contributed by atoms with Gasteiger partial charge in [-0.1, -0.05) is 41.5 Å². The summed E-state index contributed by atoms with van der Waals surface area (Å²) in [7, 11) is -0.708. The third-order valence-electron chi connectivity index (χ3n) is 7.98. The normalized spacial score (nSPS) is 51.2. The van der Waals surface area contributed by atoms with Crippen LogP contribution in [0.3, 0.4) is 0 Å². The number of hydrogen-bond acceptors (Lipinski definition) is 2. The highest BCUT2D eigenvalue weighted by Gasteiger charge is 2.71. The van der Waals surface area contributed by atoms with Crippen molar-refractivity contribution in [2.24, 2.45) is 34.5 Å². The maximum absolute atomic E-state index is 13.7. The van der Waals surface area contributed by atoms with Gasteiger partial charge in [0.2, 0.25) is 0 Å². The quantitative estimate of drug-likeness (QED) is 0.497. The molecule has 1 saturated heterocycles. The van der Waals surface area contributed by atoms with E-state index >= 15 is 0 Å². The van der Waals surface area contributed by atoms with Crippen molar-refractivity contribution >= 4 is 22.6 Å². The van der Waals surface area contributed by atoms with E-state index in [2.05, 4.69) is 53.3 Å². The maximum Gasteiger partial charge on any atom is 0.103 e. The van der Waals surface area contributed by atoms with Crippen LogP contribution in [0.2, 0.25) is 0 Å². The number of hydrogen-bond donors (Lipinski definition) is 0. The van der Waals surface area contributed by atoms with E-state index < -0.39 is 10.8 Å². The largest absolute Gasteiger partial charge is 0.257 e. The van der Waals surface area contributed by atoms with Crippen molar-refractivity contribution in [1.82, 2.24) is 0 Å². The molecule has 0 aromatic rings. The second kappa shape index (κ2) is 4.99. The molecule has 4 saturated carbocycles. The molecule has 0 N–H and O–H groups in total. The molecule has 1 spiro atoms. The lowest BCUT2D eigenvalue weighted by atomic mass is 9.49. The van der Waals surface area contributed by atoms with Gasteiger partial charge in [0.15, 0.2) is 0 Å². The lowest BCUT2D eigenvalue weighted by molar-refractivity contribution is -0.0156. The Hall–Kier alpha value is 0.240. The summed E-state index contributed by atoms with van der Waals surface area (Å²) in [6.07, 6.45) is 7.23. The molecular formula is C22H34OS2. The summed E-state index contributed by atoms with van der Waals surface area (Å²) in [5, 5.41) is 0.340. The Morgan fingerprint density at radius 2 is 1.32 bits per heavy atom. The van der Waals surface area contributed by atoms with Gasteiger partial charge in [-0.05, 0) is 77.8 Å². The second-order valence-corrected chi connectivity index (χ2v) is 15.0. The number of thioether (sulfide) groups is 1. The molecule has 5 fully saturated rings. The third kappa shape index (κ3) is 2.12. The predicted molar refractivity (Wildman–Crippen MR) is 109 cm³/mol. The Balaban J connectivity index is 1.68. The van der Waals surface area contributed by atoms with E-state index in [9.17, 15) is 4.21 Å². The molecule has 3 atom stereocenters. The van der Waals surface area contributed by atoms with Crippen LogP contribution < -0.4 is 0 Å². The van der Waals surface area contributed by atoms with Gasteiger partial charge < -0.3 is 0 Å². The van der Waals surface area contributed by atoms with Gasteiger partial charge in [0.1, 0.15) is 4.58 Å². The molecule has 0 aromatic carbocycles. The van der Waals surface area contributed by atoms with E-state index in [1.165, 1.54) is 32.1 Å². The average molecular weight is 379 g/mol. The van der Waals surface area contributed by atoms with Gasteiger partial charge >= 0.3 is 0 Å². The first-order valence-electron chi connectivity index (χ1n) is 10.4. The van der Waals surface area contributed by atoms with E-state index in [-0.39, 0.29) is 15.4 Å². The minimum atomic E-state index is -0.708. The van der Waals surface area contributed by atoms with Gasteiger partial charge in [0, 0.05) is 15.5 Å². The Bertz CT molecular complexity index is 647. The predicted octanol–water partition coefficient (Wildman–Crippen LogP) is 5.77. The fraction of sp³-hybridized carbons (Fsp3) is 0.909. The van der Waals surface area contributed by atoms with Gasteiger partial charge in [-0.2, -0.15) is 0 Å². The van der Waals surface area contributed by atoms with E-state index in [0.29, 0.717) is 10.00 Å². The van der Waals surface area contributed by atoms with Crippen molar-refractivity contribution in [3.8, 4) is 0 Å². The van der Waals surface area contributed by atoms with Crippen LogP contribution in [0.4, 0.5) is 0 Å². The Morgan fingerprint density at radius 1 is 0.840 bits per heavy atom. The zero-order valence-corrected chi connectivity index (χ0v) is 18.4. The van der Waals surface area contributed by atoms with Crippen LogP contribution in [0, 0.1) is 34.5 Å². The SMILES string of the molecule is CC(C)(C)C1=C(C(C)(C)C)[C@@H]2SC3(C4CC5CC(C4)CC3C5)[C@H]1S2=O. The molecule has 140 valence electrons. The average Bonchev–Trinajstić information content (AvgIpc) is 2.92. The standard InChI is InChI=1S/C22H34OS2/c1-20(2,3)16-17(21(4,5)6)19-24-22(18(16)25(19)23)14-8-12-7-13(10-14)11-15(22)9-12/h12-15,18-19H,7-11H2,1-6H3/t12?,13?,14?,15?,18-,19+,22?,25?/m0/s1. The lowest BCUT2D eigenvalue weighted by Gasteiger charge is -2.62. The van der Waals surface area contributed by atoms with Crippen LogP contribution in [0.1, 0.15) is 73.6 Å². The Labute approximate surface area is 160 Å². The highest BCUT2D eigenvalue weighted by Crippen LogP contribution is 2.73. The first-order chi connectivity index (χ1) is 11.5. The highest BCUT2D eigenvalue weighted by molar-refractivity contribution is 8.16. The minimum Gasteiger partial charge on any atom is -0.257 e. The number of fused-ring (bicyclic) bond motifs is 2. The van der Waals surface area contributed by atoms with E-state index in [1.54, 1.807) is 11.1 Å². The molecule has 6 rings (SSSR count). The van der Waals surface area contributed by atoms with Gasteiger partial charge in [-0.3, -0.25) is 4.21 Å². The summed E-state index contributed by atoms with van der Waals surface area (Å²) >= 11 is 2.20. The first-order valence-corrected chi connectivity index (χ1v) is 12.5. The lowest BCUT2D eigenvalue weighted by Crippen LogP contribution is -2.61. The molecule has 0 aromatic heterocycles.